The maximum atomic E-state index is 2.66. The summed E-state index contributed by atoms with van der Waals surface area (Å²) in [7, 11) is 0. The first-order valence-electron chi connectivity index (χ1n) is 6.12. The number of nitrogens with zero attached hydrogens (tertiary/aromatic N) is 1. The molecule has 1 nitrogen and oxygen atoms in total. The molecular formula is C13H27N. The first kappa shape index (κ1) is 12.0. The third-order valence-electron chi connectivity index (χ3n) is 3.35. The molecule has 1 rings (SSSR count). The molecule has 0 aromatic heterocycles. The van der Waals surface area contributed by atoms with Gasteiger partial charge in [-0.3, -0.25) is 0 Å². The van der Waals surface area contributed by atoms with E-state index in [2.05, 4.69) is 39.5 Å². The molecule has 1 saturated heterocycles. The van der Waals surface area contributed by atoms with Crippen molar-refractivity contribution in [3.63, 3.8) is 0 Å². The number of hydrogen-bond donors (Lipinski definition) is 0. The molecule has 1 fully saturated rings. The summed E-state index contributed by atoms with van der Waals surface area (Å²) >= 11 is 0. The number of likely N-dealkylation sites (tertiary alicyclic amines) is 1. The van der Waals surface area contributed by atoms with E-state index < -0.39 is 0 Å². The second-order valence-electron chi connectivity index (χ2n) is 6.36. The van der Waals surface area contributed by atoms with Crippen LogP contribution in [0.25, 0.3) is 0 Å². The summed E-state index contributed by atoms with van der Waals surface area (Å²) in [5.74, 6) is 1.71. The molecule has 1 heterocycles. The summed E-state index contributed by atoms with van der Waals surface area (Å²) in [4.78, 5) is 2.66. The van der Waals surface area contributed by atoms with Gasteiger partial charge < -0.3 is 4.90 Å². The Hall–Kier alpha value is -0.0400. The number of hydrogen-bond acceptors (Lipinski definition) is 1. The predicted molar refractivity (Wildman–Crippen MR) is 63.5 cm³/mol. The van der Waals surface area contributed by atoms with Gasteiger partial charge in [0, 0.05) is 13.1 Å². The van der Waals surface area contributed by atoms with Gasteiger partial charge in [0.15, 0.2) is 0 Å². The zero-order valence-corrected chi connectivity index (χ0v) is 10.6. The van der Waals surface area contributed by atoms with Gasteiger partial charge in [-0.25, -0.2) is 0 Å². The van der Waals surface area contributed by atoms with E-state index in [4.69, 9.17) is 0 Å². The highest BCUT2D eigenvalue weighted by molar-refractivity contribution is 4.81. The minimum atomic E-state index is 0.496. The lowest BCUT2D eigenvalue weighted by molar-refractivity contribution is 0.0910. The summed E-state index contributed by atoms with van der Waals surface area (Å²) in [6.45, 7) is 15.7. The first-order valence-corrected chi connectivity index (χ1v) is 6.12. The van der Waals surface area contributed by atoms with Crippen molar-refractivity contribution < 1.29 is 0 Å². The first-order chi connectivity index (χ1) is 6.39. The average Bonchev–Trinajstić information content (AvgIpc) is 2.01. The zero-order chi connectivity index (χ0) is 10.8. The van der Waals surface area contributed by atoms with Gasteiger partial charge in [0.2, 0.25) is 0 Å². The van der Waals surface area contributed by atoms with Crippen LogP contribution >= 0.6 is 0 Å². The fourth-order valence-electron chi connectivity index (χ4n) is 2.44. The van der Waals surface area contributed by atoms with Crippen molar-refractivity contribution in [3.8, 4) is 0 Å². The fraction of sp³-hybridized carbons (Fsp3) is 1.00. The van der Waals surface area contributed by atoms with Crippen molar-refractivity contribution in [2.45, 2.75) is 47.5 Å². The number of piperidine rings is 1. The predicted octanol–water partition coefficient (Wildman–Crippen LogP) is 3.40. The van der Waals surface area contributed by atoms with E-state index in [-0.39, 0.29) is 0 Å². The van der Waals surface area contributed by atoms with E-state index in [9.17, 15) is 0 Å². The van der Waals surface area contributed by atoms with Gasteiger partial charge >= 0.3 is 0 Å². The van der Waals surface area contributed by atoms with Crippen LogP contribution in [-0.2, 0) is 0 Å². The van der Waals surface area contributed by atoms with E-state index in [0.717, 1.165) is 11.8 Å². The van der Waals surface area contributed by atoms with Crippen molar-refractivity contribution in [2.75, 3.05) is 19.6 Å². The third kappa shape index (κ3) is 3.61. The van der Waals surface area contributed by atoms with Gasteiger partial charge in [0.25, 0.3) is 0 Å². The molecule has 0 aromatic rings. The van der Waals surface area contributed by atoms with E-state index in [1.807, 2.05) is 0 Å². The minimum absolute atomic E-state index is 0.496. The molecule has 0 radical (unpaired) electrons. The second-order valence-corrected chi connectivity index (χ2v) is 6.36. The van der Waals surface area contributed by atoms with Gasteiger partial charge in [0.05, 0.1) is 0 Å². The molecule has 0 spiro atoms. The Bertz CT molecular complexity index is 167. The topological polar surface area (TPSA) is 3.24 Å². The van der Waals surface area contributed by atoms with Crippen molar-refractivity contribution >= 4 is 0 Å². The molecule has 1 heteroatoms. The molecule has 1 unspecified atom stereocenters. The van der Waals surface area contributed by atoms with E-state index >= 15 is 0 Å². The molecule has 0 aliphatic carbocycles. The lowest BCUT2D eigenvalue weighted by Gasteiger charge is -2.40. The Labute approximate surface area is 89.9 Å². The molecule has 84 valence electrons. The smallest absolute Gasteiger partial charge is 0.00148 e. The van der Waals surface area contributed by atoms with Gasteiger partial charge in [-0.2, -0.15) is 0 Å². The summed E-state index contributed by atoms with van der Waals surface area (Å²) in [6, 6.07) is 0. The average molecular weight is 197 g/mol. The summed E-state index contributed by atoms with van der Waals surface area (Å²) < 4.78 is 0. The largest absolute Gasteiger partial charge is 0.303 e. The van der Waals surface area contributed by atoms with Crippen molar-refractivity contribution in [1.82, 2.24) is 4.90 Å². The second kappa shape index (κ2) is 4.65. The highest BCUT2D eigenvalue weighted by Crippen LogP contribution is 2.33. The van der Waals surface area contributed by atoms with E-state index in [1.54, 1.807) is 0 Å². The fourth-order valence-corrected chi connectivity index (χ4v) is 2.44. The van der Waals surface area contributed by atoms with Crippen LogP contribution in [0.3, 0.4) is 0 Å². The van der Waals surface area contributed by atoms with Crippen molar-refractivity contribution in [1.29, 1.82) is 0 Å². The van der Waals surface area contributed by atoms with Crippen LogP contribution in [0.15, 0.2) is 0 Å². The normalized spacial score (nSPS) is 25.7. The molecular weight excluding hydrogens is 170 g/mol. The van der Waals surface area contributed by atoms with E-state index in [1.165, 1.54) is 32.5 Å². The molecule has 0 N–H and O–H groups in total. The highest BCUT2D eigenvalue weighted by atomic mass is 15.1. The summed E-state index contributed by atoms with van der Waals surface area (Å²) in [5, 5.41) is 0. The van der Waals surface area contributed by atoms with Gasteiger partial charge in [-0.15, -0.1) is 0 Å². The maximum absolute atomic E-state index is 2.66. The number of rotatable bonds is 2. The Morgan fingerprint density at radius 2 is 1.93 bits per heavy atom. The molecule has 1 aliphatic rings. The standard InChI is InChI=1S/C13H27N/c1-11(2)9-14-8-6-7-12(10-14)13(3,4)5/h11-12H,6-10H2,1-5H3. The van der Waals surface area contributed by atoms with Crippen LogP contribution in [0.1, 0.15) is 47.5 Å². The third-order valence-corrected chi connectivity index (χ3v) is 3.35. The summed E-state index contributed by atoms with van der Waals surface area (Å²) in [6.07, 6.45) is 2.83. The molecule has 0 amide bonds. The Kier molecular flexibility index (Phi) is 4.00. The van der Waals surface area contributed by atoms with Crippen molar-refractivity contribution in [3.05, 3.63) is 0 Å². The lowest BCUT2D eigenvalue weighted by Crippen LogP contribution is -2.42. The molecule has 0 bridgehead atoms. The highest BCUT2D eigenvalue weighted by Gasteiger charge is 2.29. The van der Waals surface area contributed by atoms with Gasteiger partial charge in [-0.1, -0.05) is 34.6 Å². The maximum Gasteiger partial charge on any atom is 0.00148 e. The Morgan fingerprint density at radius 3 is 2.43 bits per heavy atom. The van der Waals surface area contributed by atoms with Crippen LogP contribution < -0.4 is 0 Å². The van der Waals surface area contributed by atoms with Gasteiger partial charge in [-0.05, 0) is 36.6 Å². The molecule has 14 heavy (non-hydrogen) atoms. The molecule has 1 atom stereocenters. The van der Waals surface area contributed by atoms with E-state index in [0.29, 0.717) is 5.41 Å². The van der Waals surface area contributed by atoms with Crippen LogP contribution in [-0.4, -0.2) is 24.5 Å². The monoisotopic (exact) mass is 197 g/mol. The Balaban J connectivity index is 2.44. The van der Waals surface area contributed by atoms with Crippen LogP contribution in [0.2, 0.25) is 0 Å². The van der Waals surface area contributed by atoms with Gasteiger partial charge in [0.1, 0.15) is 0 Å². The molecule has 1 aliphatic heterocycles. The van der Waals surface area contributed by atoms with Crippen LogP contribution in [0.4, 0.5) is 0 Å². The molecule has 0 saturated carbocycles. The van der Waals surface area contributed by atoms with Crippen molar-refractivity contribution in [2.24, 2.45) is 17.3 Å². The quantitative estimate of drug-likeness (QED) is 0.656. The lowest BCUT2D eigenvalue weighted by atomic mass is 9.76. The minimum Gasteiger partial charge on any atom is -0.303 e. The van der Waals surface area contributed by atoms with Crippen LogP contribution in [0.5, 0.6) is 0 Å². The Morgan fingerprint density at radius 1 is 1.29 bits per heavy atom. The SMILES string of the molecule is CC(C)CN1CCCC(C(C)(C)C)C1. The summed E-state index contributed by atoms with van der Waals surface area (Å²) in [5.41, 5.74) is 0.496. The zero-order valence-electron chi connectivity index (χ0n) is 10.6. The molecule has 0 aromatic carbocycles. The van der Waals surface area contributed by atoms with Crippen LogP contribution in [0, 0.1) is 17.3 Å².